The van der Waals surface area contributed by atoms with Crippen LogP contribution in [0.1, 0.15) is 32.1 Å². The molecule has 0 bridgehead atoms. The van der Waals surface area contributed by atoms with Crippen LogP contribution in [-0.4, -0.2) is 74.9 Å². The summed E-state index contributed by atoms with van der Waals surface area (Å²) in [6, 6.07) is 8.72. The molecule has 0 spiro atoms. The lowest BCUT2D eigenvalue weighted by molar-refractivity contribution is 0.128. The molecule has 3 fully saturated rings. The topological polar surface area (TPSA) is 45.2 Å². The third-order valence-corrected chi connectivity index (χ3v) is 6.70. The number of ether oxygens (including phenoxy) is 2. The van der Waals surface area contributed by atoms with E-state index in [-0.39, 0.29) is 6.09 Å². The lowest BCUT2D eigenvalue weighted by Crippen LogP contribution is -2.47. The van der Waals surface area contributed by atoms with Gasteiger partial charge in [-0.15, -0.1) is 0 Å². The number of carbonyl (C=O) groups is 1. The Morgan fingerprint density at radius 1 is 1.04 bits per heavy atom. The van der Waals surface area contributed by atoms with Gasteiger partial charge in [-0.2, -0.15) is 0 Å². The molecule has 2 saturated heterocycles. The van der Waals surface area contributed by atoms with Crippen LogP contribution in [0.3, 0.4) is 0 Å². The summed E-state index contributed by atoms with van der Waals surface area (Å²) in [4.78, 5) is 18.7. The quantitative estimate of drug-likeness (QED) is 0.750. The van der Waals surface area contributed by atoms with Gasteiger partial charge in [-0.05, 0) is 56.7 Å². The highest BCUT2D eigenvalue weighted by molar-refractivity contribution is 5.69. The van der Waals surface area contributed by atoms with Crippen LogP contribution in [0.2, 0.25) is 0 Å². The highest BCUT2D eigenvalue weighted by atomic mass is 16.6. The molecule has 1 saturated carbocycles. The summed E-state index contributed by atoms with van der Waals surface area (Å²) in [7, 11) is 1.75. The zero-order valence-corrected chi connectivity index (χ0v) is 17.0. The number of carbonyl (C=O) groups excluding carboxylic acids is 1. The van der Waals surface area contributed by atoms with Gasteiger partial charge in [0.2, 0.25) is 0 Å². The summed E-state index contributed by atoms with van der Waals surface area (Å²) in [6.45, 7) is 6.90. The monoisotopic (exact) mass is 387 g/mol. The first-order chi connectivity index (χ1) is 13.7. The highest BCUT2D eigenvalue weighted by Gasteiger charge is 2.32. The molecule has 0 aromatic heterocycles. The first-order valence-electron chi connectivity index (χ1n) is 10.8. The molecule has 154 valence electrons. The van der Waals surface area contributed by atoms with Crippen molar-refractivity contribution in [2.45, 2.75) is 38.1 Å². The Kier molecular flexibility index (Phi) is 6.25. The first-order valence-corrected chi connectivity index (χ1v) is 10.8. The molecular formula is C22H33N3O3. The number of methoxy groups -OCH3 is 1. The summed E-state index contributed by atoms with van der Waals surface area (Å²) >= 11 is 0. The third kappa shape index (κ3) is 4.37. The molecule has 0 atom stereocenters. The minimum atomic E-state index is -0.101. The molecule has 1 aromatic carbocycles. The highest BCUT2D eigenvalue weighted by Crippen LogP contribution is 2.32. The SMILES string of the molecule is COc1ccccc1N1CCN(CCC2CCC(N3CCOC3=O)CC2)CC1. The molecule has 6 heteroatoms. The first kappa shape index (κ1) is 19.4. The van der Waals surface area contributed by atoms with Crippen LogP contribution < -0.4 is 9.64 Å². The number of piperazine rings is 1. The van der Waals surface area contributed by atoms with Gasteiger partial charge in [0.05, 0.1) is 19.3 Å². The van der Waals surface area contributed by atoms with Crippen LogP contribution in [0, 0.1) is 5.92 Å². The van der Waals surface area contributed by atoms with Crippen molar-refractivity contribution < 1.29 is 14.3 Å². The number of rotatable bonds is 6. The number of cyclic esters (lactones) is 1. The fourth-order valence-corrected chi connectivity index (χ4v) is 4.95. The van der Waals surface area contributed by atoms with Gasteiger partial charge in [0.1, 0.15) is 12.4 Å². The Labute approximate surface area is 168 Å². The van der Waals surface area contributed by atoms with Crippen molar-refractivity contribution in [3.8, 4) is 5.75 Å². The number of hydrogen-bond donors (Lipinski definition) is 0. The molecule has 4 rings (SSSR count). The lowest BCUT2D eigenvalue weighted by atomic mass is 9.83. The van der Waals surface area contributed by atoms with E-state index in [4.69, 9.17) is 9.47 Å². The largest absolute Gasteiger partial charge is 0.495 e. The van der Waals surface area contributed by atoms with Gasteiger partial charge in [0.15, 0.2) is 0 Å². The third-order valence-electron chi connectivity index (χ3n) is 6.70. The van der Waals surface area contributed by atoms with Crippen LogP contribution in [-0.2, 0) is 4.74 Å². The van der Waals surface area contributed by atoms with E-state index in [9.17, 15) is 4.79 Å². The van der Waals surface area contributed by atoms with E-state index in [2.05, 4.69) is 21.9 Å². The second-order valence-corrected chi connectivity index (χ2v) is 8.27. The van der Waals surface area contributed by atoms with E-state index in [1.807, 2.05) is 17.0 Å². The predicted octanol–water partition coefficient (Wildman–Crippen LogP) is 3.22. The van der Waals surface area contributed by atoms with Gasteiger partial charge in [-0.1, -0.05) is 12.1 Å². The molecule has 6 nitrogen and oxygen atoms in total. The van der Waals surface area contributed by atoms with Gasteiger partial charge >= 0.3 is 6.09 Å². The minimum absolute atomic E-state index is 0.101. The maximum Gasteiger partial charge on any atom is 0.410 e. The molecule has 0 radical (unpaired) electrons. The maximum atomic E-state index is 11.7. The smallest absolute Gasteiger partial charge is 0.410 e. The van der Waals surface area contributed by atoms with Crippen molar-refractivity contribution in [2.24, 2.45) is 5.92 Å². The standard InChI is InChI=1S/C22H33N3O3/c1-27-21-5-3-2-4-20(21)24-14-12-23(13-15-24)11-10-18-6-8-19(9-7-18)25-16-17-28-22(25)26/h2-5,18-19H,6-17H2,1H3. The molecular weight excluding hydrogens is 354 g/mol. The minimum Gasteiger partial charge on any atom is -0.495 e. The molecule has 1 aromatic rings. The summed E-state index contributed by atoms with van der Waals surface area (Å²) in [5.74, 6) is 1.77. The molecule has 1 aliphatic carbocycles. The second-order valence-electron chi connectivity index (χ2n) is 8.27. The molecule has 0 N–H and O–H groups in total. The Balaban J connectivity index is 1.18. The molecule has 1 amide bonds. The van der Waals surface area contributed by atoms with Crippen LogP contribution in [0.4, 0.5) is 10.5 Å². The molecule has 2 aliphatic heterocycles. The number of nitrogens with zero attached hydrogens (tertiary/aromatic N) is 3. The van der Waals surface area contributed by atoms with Crippen molar-refractivity contribution in [3.63, 3.8) is 0 Å². The Hall–Kier alpha value is -1.95. The van der Waals surface area contributed by atoms with Gasteiger partial charge in [-0.25, -0.2) is 4.79 Å². The van der Waals surface area contributed by atoms with Crippen LogP contribution in [0.15, 0.2) is 24.3 Å². The van der Waals surface area contributed by atoms with Crippen molar-refractivity contribution in [1.29, 1.82) is 0 Å². The molecule has 3 aliphatic rings. The van der Waals surface area contributed by atoms with E-state index in [0.717, 1.165) is 57.2 Å². The number of amides is 1. The summed E-state index contributed by atoms with van der Waals surface area (Å²) < 4.78 is 10.6. The summed E-state index contributed by atoms with van der Waals surface area (Å²) in [5.41, 5.74) is 1.21. The predicted molar refractivity (Wildman–Crippen MR) is 110 cm³/mol. The number of para-hydroxylation sites is 2. The van der Waals surface area contributed by atoms with Gasteiger partial charge in [0.25, 0.3) is 0 Å². The van der Waals surface area contributed by atoms with E-state index >= 15 is 0 Å². The Bertz CT molecular complexity index is 652. The maximum absolute atomic E-state index is 11.7. The van der Waals surface area contributed by atoms with Gasteiger partial charge in [0, 0.05) is 32.2 Å². The summed E-state index contributed by atoms with van der Waals surface area (Å²) in [5, 5.41) is 0. The number of benzene rings is 1. The molecule has 2 heterocycles. The van der Waals surface area contributed by atoms with E-state index in [1.165, 1.54) is 31.5 Å². The number of hydrogen-bond acceptors (Lipinski definition) is 5. The lowest BCUT2D eigenvalue weighted by Gasteiger charge is -2.38. The average Bonchev–Trinajstić information content (AvgIpc) is 3.19. The van der Waals surface area contributed by atoms with E-state index < -0.39 is 0 Å². The van der Waals surface area contributed by atoms with Crippen molar-refractivity contribution in [1.82, 2.24) is 9.80 Å². The Morgan fingerprint density at radius 3 is 2.46 bits per heavy atom. The molecule has 28 heavy (non-hydrogen) atoms. The zero-order valence-electron chi connectivity index (χ0n) is 17.0. The molecule has 0 unspecified atom stereocenters. The zero-order chi connectivity index (χ0) is 19.3. The fraction of sp³-hybridized carbons (Fsp3) is 0.682. The van der Waals surface area contributed by atoms with Crippen molar-refractivity contribution in [3.05, 3.63) is 24.3 Å². The normalized spacial score (nSPS) is 26.4. The van der Waals surface area contributed by atoms with E-state index in [1.54, 1.807) is 7.11 Å². The Morgan fingerprint density at radius 2 is 1.79 bits per heavy atom. The van der Waals surface area contributed by atoms with Crippen molar-refractivity contribution in [2.75, 3.05) is 57.9 Å². The average molecular weight is 388 g/mol. The van der Waals surface area contributed by atoms with Crippen molar-refractivity contribution >= 4 is 11.8 Å². The van der Waals surface area contributed by atoms with E-state index in [0.29, 0.717) is 12.6 Å². The van der Waals surface area contributed by atoms with Crippen LogP contribution in [0.5, 0.6) is 5.75 Å². The second kappa shape index (κ2) is 9.03. The van der Waals surface area contributed by atoms with Gasteiger partial charge in [-0.3, -0.25) is 4.90 Å². The van der Waals surface area contributed by atoms with Gasteiger partial charge < -0.3 is 19.3 Å². The van der Waals surface area contributed by atoms with Crippen LogP contribution >= 0.6 is 0 Å². The number of anilines is 1. The fourth-order valence-electron chi connectivity index (χ4n) is 4.95. The van der Waals surface area contributed by atoms with Crippen LogP contribution in [0.25, 0.3) is 0 Å². The summed E-state index contributed by atoms with van der Waals surface area (Å²) in [6.07, 6.45) is 5.95.